The Morgan fingerprint density at radius 1 is 1.21 bits per heavy atom. The lowest BCUT2D eigenvalue weighted by Gasteiger charge is -2.46. The van der Waals surface area contributed by atoms with Gasteiger partial charge in [-0.05, 0) is 51.5 Å². The normalized spacial score (nSPS) is 22.3. The largest absolute Gasteiger partial charge is 0.491 e. The van der Waals surface area contributed by atoms with E-state index in [1.807, 2.05) is 20.8 Å². The van der Waals surface area contributed by atoms with E-state index in [4.69, 9.17) is 19.5 Å². The van der Waals surface area contributed by atoms with Crippen molar-refractivity contribution in [2.75, 3.05) is 52.4 Å². The number of hydrogen-bond donors (Lipinski definition) is 2. The molecule has 0 radical (unpaired) electrons. The van der Waals surface area contributed by atoms with Crippen molar-refractivity contribution < 1.29 is 24.1 Å². The molecular weight excluding hydrogens is 424 g/mol. The van der Waals surface area contributed by atoms with Gasteiger partial charge in [0.2, 0.25) is 0 Å². The maximum Gasteiger partial charge on any atom is 0.407 e. The molecule has 0 aliphatic carbocycles. The zero-order valence-corrected chi connectivity index (χ0v) is 19.8. The van der Waals surface area contributed by atoms with Crippen LogP contribution in [0, 0.1) is 11.3 Å². The lowest BCUT2D eigenvalue weighted by atomic mass is 10.1. The summed E-state index contributed by atoms with van der Waals surface area (Å²) in [6.45, 7) is 11.0. The van der Waals surface area contributed by atoms with Crippen LogP contribution in [0.5, 0.6) is 5.75 Å². The summed E-state index contributed by atoms with van der Waals surface area (Å²) in [6.07, 6.45) is 0.104. The van der Waals surface area contributed by atoms with Crippen LogP contribution < -0.4 is 10.1 Å². The van der Waals surface area contributed by atoms with Crippen LogP contribution >= 0.6 is 0 Å². The van der Waals surface area contributed by atoms with E-state index in [0.717, 1.165) is 39.1 Å². The summed E-state index contributed by atoms with van der Waals surface area (Å²) in [4.78, 5) is 16.4. The van der Waals surface area contributed by atoms with Crippen molar-refractivity contribution in [3.05, 3.63) is 29.8 Å². The van der Waals surface area contributed by atoms with Gasteiger partial charge in [-0.1, -0.05) is 0 Å². The smallest absolute Gasteiger partial charge is 0.407 e. The Hall–Kier alpha value is -2.38. The minimum Gasteiger partial charge on any atom is -0.491 e. The average Bonchev–Trinajstić information content (AvgIpc) is 2.74. The van der Waals surface area contributed by atoms with Gasteiger partial charge >= 0.3 is 6.09 Å². The van der Waals surface area contributed by atoms with Crippen LogP contribution in [-0.2, 0) is 9.47 Å². The van der Waals surface area contributed by atoms with Gasteiger partial charge in [-0.3, -0.25) is 9.80 Å². The quantitative estimate of drug-likeness (QED) is 0.535. The molecule has 182 valence electrons. The van der Waals surface area contributed by atoms with E-state index in [9.17, 15) is 9.90 Å². The molecule has 9 heteroatoms. The number of β-amino-alcohol motifs (C(OH)–C–C–N with tert-alkyl or cyclic N) is 1. The minimum atomic E-state index is -0.602. The van der Waals surface area contributed by atoms with Gasteiger partial charge in [0, 0.05) is 45.8 Å². The number of nitriles is 1. The van der Waals surface area contributed by atoms with Gasteiger partial charge in [0.25, 0.3) is 0 Å². The second kappa shape index (κ2) is 11.7. The molecule has 2 fully saturated rings. The summed E-state index contributed by atoms with van der Waals surface area (Å²) in [5.41, 5.74) is 0.0946. The highest BCUT2D eigenvalue weighted by Gasteiger charge is 2.35. The summed E-state index contributed by atoms with van der Waals surface area (Å²) in [7, 11) is 0. The van der Waals surface area contributed by atoms with Crippen LogP contribution in [0.3, 0.4) is 0 Å². The maximum absolute atomic E-state index is 11.7. The number of aliphatic hydroxyl groups is 1. The lowest BCUT2D eigenvalue weighted by Crippen LogP contribution is -2.60. The molecule has 2 aliphatic rings. The topological polar surface area (TPSA) is 107 Å². The number of carbonyl (C=O) groups excluding carboxylic acids is 1. The molecule has 33 heavy (non-hydrogen) atoms. The Labute approximate surface area is 196 Å². The number of nitrogens with zero attached hydrogens (tertiary/aromatic N) is 3. The van der Waals surface area contributed by atoms with E-state index in [0.29, 0.717) is 24.4 Å². The number of morpholine rings is 2. The average molecular weight is 461 g/mol. The molecular formula is C24H36N4O5. The van der Waals surface area contributed by atoms with Crippen LogP contribution in [0.2, 0.25) is 0 Å². The second-order valence-electron chi connectivity index (χ2n) is 9.74. The zero-order valence-electron chi connectivity index (χ0n) is 19.8. The van der Waals surface area contributed by atoms with Gasteiger partial charge in [-0.2, -0.15) is 5.26 Å². The predicted molar refractivity (Wildman–Crippen MR) is 123 cm³/mol. The van der Waals surface area contributed by atoms with Crippen molar-refractivity contribution >= 4 is 6.09 Å². The SMILES string of the molecule is CC(C)(C)OC(=O)NCCCN1CC2CN(CC(O)COc3ccc(C#N)cc3)CC(C1)O2. The third-order valence-electron chi connectivity index (χ3n) is 5.45. The summed E-state index contributed by atoms with van der Waals surface area (Å²) >= 11 is 0. The van der Waals surface area contributed by atoms with Gasteiger partial charge in [0.15, 0.2) is 0 Å². The Morgan fingerprint density at radius 3 is 2.45 bits per heavy atom. The summed E-state index contributed by atoms with van der Waals surface area (Å²) in [6, 6.07) is 8.95. The number of hydrogen-bond acceptors (Lipinski definition) is 8. The molecule has 2 heterocycles. The number of amides is 1. The molecule has 1 amide bonds. The predicted octanol–water partition coefficient (Wildman–Crippen LogP) is 1.60. The van der Waals surface area contributed by atoms with Crippen molar-refractivity contribution in [2.45, 2.75) is 51.1 Å². The molecule has 2 bridgehead atoms. The van der Waals surface area contributed by atoms with Crippen LogP contribution in [-0.4, -0.2) is 97.3 Å². The Balaban J connectivity index is 1.32. The fraction of sp³-hybridized carbons (Fsp3) is 0.667. The molecule has 2 aliphatic heterocycles. The highest BCUT2D eigenvalue weighted by Crippen LogP contribution is 2.20. The summed E-state index contributed by atoms with van der Waals surface area (Å²) in [5.74, 6) is 0.642. The lowest BCUT2D eigenvalue weighted by molar-refractivity contribution is -0.143. The van der Waals surface area contributed by atoms with Crippen LogP contribution in [0.15, 0.2) is 24.3 Å². The van der Waals surface area contributed by atoms with E-state index in [2.05, 4.69) is 21.2 Å². The summed E-state index contributed by atoms with van der Waals surface area (Å²) in [5, 5.41) is 22.1. The van der Waals surface area contributed by atoms with E-state index >= 15 is 0 Å². The zero-order chi connectivity index (χ0) is 23.8. The molecule has 3 atom stereocenters. The second-order valence-corrected chi connectivity index (χ2v) is 9.74. The van der Waals surface area contributed by atoms with Gasteiger partial charge in [0.1, 0.15) is 24.1 Å². The first kappa shape index (κ1) is 25.2. The molecule has 1 aromatic rings. The first-order valence-corrected chi connectivity index (χ1v) is 11.6. The van der Waals surface area contributed by atoms with Crippen LogP contribution in [0.25, 0.3) is 0 Å². The molecule has 3 unspecified atom stereocenters. The van der Waals surface area contributed by atoms with Crippen molar-refractivity contribution in [3.8, 4) is 11.8 Å². The molecule has 1 aromatic carbocycles. The van der Waals surface area contributed by atoms with Crippen molar-refractivity contribution in [3.63, 3.8) is 0 Å². The van der Waals surface area contributed by atoms with Crippen LogP contribution in [0.1, 0.15) is 32.8 Å². The number of alkyl carbamates (subject to hydrolysis) is 1. The van der Waals surface area contributed by atoms with Gasteiger partial charge in [0.05, 0.1) is 23.8 Å². The van der Waals surface area contributed by atoms with Gasteiger partial charge in [-0.25, -0.2) is 4.79 Å². The summed E-state index contributed by atoms with van der Waals surface area (Å²) < 4.78 is 17.0. The highest BCUT2D eigenvalue weighted by atomic mass is 16.6. The molecule has 0 spiro atoms. The number of benzene rings is 1. The molecule has 9 nitrogen and oxygen atoms in total. The molecule has 0 saturated carbocycles. The van der Waals surface area contributed by atoms with E-state index < -0.39 is 11.7 Å². The monoisotopic (exact) mass is 460 g/mol. The van der Waals surface area contributed by atoms with E-state index in [1.54, 1.807) is 24.3 Å². The fourth-order valence-electron chi connectivity index (χ4n) is 4.17. The van der Waals surface area contributed by atoms with Crippen molar-refractivity contribution in [1.29, 1.82) is 5.26 Å². The first-order valence-electron chi connectivity index (χ1n) is 11.6. The third-order valence-corrected chi connectivity index (χ3v) is 5.45. The fourth-order valence-corrected chi connectivity index (χ4v) is 4.17. The number of aliphatic hydroxyl groups excluding tert-OH is 1. The number of carbonyl (C=O) groups is 1. The Bertz CT molecular complexity index is 791. The Morgan fingerprint density at radius 2 is 1.85 bits per heavy atom. The number of ether oxygens (including phenoxy) is 3. The maximum atomic E-state index is 11.7. The minimum absolute atomic E-state index is 0.114. The number of nitrogens with one attached hydrogen (secondary N) is 1. The van der Waals surface area contributed by atoms with Gasteiger partial charge < -0.3 is 24.6 Å². The van der Waals surface area contributed by atoms with Crippen LogP contribution in [0.4, 0.5) is 4.79 Å². The van der Waals surface area contributed by atoms with E-state index in [-0.39, 0.29) is 24.9 Å². The Kier molecular flexibility index (Phi) is 8.92. The molecule has 2 N–H and O–H groups in total. The standard InChI is InChI=1S/C24H36N4O5/c1-24(2,3)33-23(30)26-9-4-10-27-13-21-15-28(16-22(14-27)32-21)12-19(29)17-31-20-7-5-18(11-25)6-8-20/h5-8,19,21-22,29H,4,9-10,12-17H2,1-3H3,(H,26,30). The highest BCUT2D eigenvalue weighted by molar-refractivity contribution is 5.67. The molecule has 2 saturated heterocycles. The van der Waals surface area contributed by atoms with E-state index in [1.165, 1.54) is 0 Å². The third kappa shape index (κ3) is 8.82. The van der Waals surface area contributed by atoms with Gasteiger partial charge in [-0.15, -0.1) is 0 Å². The number of fused-ring (bicyclic) bond motifs is 2. The number of rotatable bonds is 9. The molecule has 0 aromatic heterocycles. The molecule has 3 rings (SSSR count). The first-order chi connectivity index (χ1) is 15.7. The van der Waals surface area contributed by atoms with Crippen molar-refractivity contribution in [1.82, 2.24) is 15.1 Å². The van der Waals surface area contributed by atoms with Crippen molar-refractivity contribution in [2.24, 2.45) is 0 Å².